The molecular weight excluding hydrogens is 266 g/mol. The van der Waals surface area contributed by atoms with Gasteiger partial charge in [-0.05, 0) is 31.0 Å². The number of carbonyl (C=O) groups is 2. The highest BCUT2D eigenvalue weighted by atomic mass is 16.2. The molecule has 0 bridgehead atoms. The molecule has 0 atom stereocenters. The molecule has 0 aromatic heterocycles. The van der Waals surface area contributed by atoms with Crippen molar-refractivity contribution in [2.24, 2.45) is 0 Å². The van der Waals surface area contributed by atoms with E-state index >= 15 is 0 Å². The number of amides is 2. The van der Waals surface area contributed by atoms with Gasteiger partial charge in [0.25, 0.3) is 0 Å². The lowest BCUT2D eigenvalue weighted by Crippen LogP contribution is -2.42. The summed E-state index contributed by atoms with van der Waals surface area (Å²) in [6.45, 7) is 0. The van der Waals surface area contributed by atoms with Crippen LogP contribution in [0.25, 0.3) is 0 Å². The SMILES string of the molecule is CN(C)c1cccc(NC(=O)C(=O)NC2CCCCC2)c1. The molecular formula is C16H23N3O2. The fourth-order valence-electron chi connectivity index (χ4n) is 2.55. The lowest BCUT2D eigenvalue weighted by molar-refractivity contribution is -0.136. The first kappa shape index (κ1) is 15.4. The van der Waals surface area contributed by atoms with Crippen molar-refractivity contribution >= 4 is 23.2 Å². The van der Waals surface area contributed by atoms with Crippen LogP contribution < -0.4 is 15.5 Å². The lowest BCUT2D eigenvalue weighted by Gasteiger charge is -2.22. The van der Waals surface area contributed by atoms with Crippen molar-refractivity contribution < 1.29 is 9.59 Å². The van der Waals surface area contributed by atoms with Crippen LogP contribution in [-0.4, -0.2) is 32.0 Å². The van der Waals surface area contributed by atoms with Crippen molar-refractivity contribution in [2.75, 3.05) is 24.3 Å². The first-order chi connectivity index (χ1) is 10.1. The Morgan fingerprint density at radius 2 is 1.81 bits per heavy atom. The standard InChI is InChI=1S/C16H23N3O2/c1-19(2)14-10-6-9-13(11-14)18-16(21)15(20)17-12-7-4-3-5-8-12/h6,9-12H,3-5,7-8H2,1-2H3,(H,17,20)(H,18,21). The Kier molecular flexibility index (Phi) is 5.20. The normalized spacial score (nSPS) is 15.3. The zero-order valence-corrected chi connectivity index (χ0v) is 12.7. The van der Waals surface area contributed by atoms with Gasteiger partial charge in [0, 0.05) is 31.5 Å². The predicted octanol–water partition coefficient (Wildman–Crippen LogP) is 2.14. The Morgan fingerprint density at radius 1 is 1.10 bits per heavy atom. The van der Waals surface area contributed by atoms with Crippen LogP contribution in [0.15, 0.2) is 24.3 Å². The van der Waals surface area contributed by atoms with Crippen LogP contribution in [0.3, 0.4) is 0 Å². The minimum atomic E-state index is -0.600. The van der Waals surface area contributed by atoms with Crippen molar-refractivity contribution in [2.45, 2.75) is 38.1 Å². The van der Waals surface area contributed by atoms with Gasteiger partial charge >= 0.3 is 11.8 Å². The molecule has 1 aromatic rings. The quantitative estimate of drug-likeness (QED) is 0.838. The van der Waals surface area contributed by atoms with Crippen molar-refractivity contribution in [1.29, 1.82) is 0 Å². The maximum absolute atomic E-state index is 11.9. The van der Waals surface area contributed by atoms with Gasteiger partial charge in [0.15, 0.2) is 0 Å². The molecule has 0 saturated heterocycles. The summed E-state index contributed by atoms with van der Waals surface area (Å²) < 4.78 is 0. The summed E-state index contributed by atoms with van der Waals surface area (Å²) in [5, 5.41) is 5.46. The summed E-state index contributed by atoms with van der Waals surface area (Å²) in [6.07, 6.45) is 5.40. The number of hydrogen-bond donors (Lipinski definition) is 2. The zero-order valence-electron chi connectivity index (χ0n) is 12.7. The molecule has 2 rings (SSSR count). The smallest absolute Gasteiger partial charge is 0.313 e. The highest BCUT2D eigenvalue weighted by Crippen LogP contribution is 2.18. The Labute approximate surface area is 125 Å². The van der Waals surface area contributed by atoms with E-state index in [4.69, 9.17) is 0 Å². The van der Waals surface area contributed by atoms with E-state index in [1.54, 1.807) is 6.07 Å². The third-order valence-corrected chi connectivity index (χ3v) is 3.77. The molecule has 114 valence electrons. The maximum atomic E-state index is 11.9. The van der Waals surface area contributed by atoms with E-state index in [1.165, 1.54) is 6.42 Å². The van der Waals surface area contributed by atoms with E-state index < -0.39 is 11.8 Å². The molecule has 0 radical (unpaired) electrons. The number of benzene rings is 1. The van der Waals surface area contributed by atoms with Gasteiger partial charge in [0.05, 0.1) is 0 Å². The summed E-state index contributed by atoms with van der Waals surface area (Å²) in [4.78, 5) is 25.8. The van der Waals surface area contributed by atoms with Crippen LogP contribution in [0.2, 0.25) is 0 Å². The minimum absolute atomic E-state index is 0.144. The molecule has 1 aliphatic carbocycles. The average molecular weight is 289 g/mol. The van der Waals surface area contributed by atoms with Crippen LogP contribution in [0.1, 0.15) is 32.1 Å². The zero-order chi connectivity index (χ0) is 15.2. The molecule has 0 unspecified atom stereocenters. The number of hydrogen-bond acceptors (Lipinski definition) is 3. The highest BCUT2D eigenvalue weighted by molar-refractivity contribution is 6.39. The largest absolute Gasteiger partial charge is 0.378 e. The predicted molar refractivity (Wildman–Crippen MR) is 84.4 cm³/mol. The second-order valence-electron chi connectivity index (χ2n) is 5.71. The van der Waals surface area contributed by atoms with Crippen molar-refractivity contribution in [3.8, 4) is 0 Å². The third kappa shape index (κ3) is 4.48. The van der Waals surface area contributed by atoms with E-state index in [1.807, 2.05) is 37.2 Å². The number of carbonyl (C=O) groups excluding carboxylic acids is 2. The molecule has 1 aliphatic rings. The summed E-state index contributed by atoms with van der Waals surface area (Å²) in [5.74, 6) is -1.14. The number of rotatable bonds is 3. The lowest BCUT2D eigenvalue weighted by atomic mass is 9.95. The Hall–Kier alpha value is -2.04. The first-order valence-corrected chi connectivity index (χ1v) is 7.45. The van der Waals surface area contributed by atoms with E-state index in [0.717, 1.165) is 31.4 Å². The summed E-state index contributed by atoms with van der Waals surface area (Å²) in [6, 6.07) is 7.55. The van der Waals surface area contributed by atoms with E-state index in [0.29, 0.717) is 5.69 Å². The molecule has 2 amide bonds. The monoisotopic (exact) mass is 289 g/mol. The Balaban J connectivity index is 1.91. The summed E-state index contributed by atoms with van der Waals surface area (Å²) in [7, 11) is 3.85. The maximum Gasteiger partial charge on any atom is 0.313 e. The fraction of sp³-hybridized carbons (Fsp3) is 0.500. The topological polar surface area (TPSA) is 61.4 Å². The molecule has 2 N–H and O–H groups in total. The number of anilines is 2. The van der Waals surface area contributed by atoms with Gasteiger partial charge in [-0.3, -0.25) is 9.59 Å². The van der Waals surface area contributed by atoms with E-state index in [9.17, 15) is 9.59 Å². The van der Waals surface area contributed by atoms with Crippen LogP contribution in [0, 0.1) is 0 Å². The van der Waals surface area contributed by atoms with E-state index in [-0.39, 0.29) is 6.04 Å². The second kappa shape index (κ2) is 7.11. The molecule has 5 heteroatoms. The molecule has 0 heterocycles. The highest BCUT2D eigenvalue weighted by Gasteiger charge is 2.20. The molecule has 0 aliphatic heterocycles. The molecule has 1 fully saturated rings. The molecule has 21 heavy (non-hydrogen) atoms. The minimum Gasteiger partial charge on any atom is -0.378 e. The van der Waals surface area contributed by atoms with Gasteiger partial charge in [-0.1, -0.05) is 25.3 Å². The molecule has 5 nitrogen and oxygen atoms in total. The van der Waals surface area contributed by atoms with Crippen LogP contribution in [0.4, 0.5) is 11.4 Å². The van der Waals surface area contributed by atoms with Gasteiger partial charge in [0.2, 0.25) is 0 Å². The number of nitrogens with one attached hydrogen (secondary N) is 2. The van der Waals surface area contributed by atoms with Crippen molar-refractivity contribution in [3.63, 3.8) is 0 Å². The average Bonchev–Trinajstić information content (AvgIpc) is 2.48. The molecule has 1 aromatic carbocycles. The van der Waals surface area contributed by atoms with Gasteiger partial charge in [-0.2, -0.15) is 0 Å². The van der Waals surface area contributed by atoms with Gasteiger partial charge in [-0.25, -0.2) is 0 Å². The van der Waals surface area contributed by atoms with Gasteiger partial charge in [0.1, 0.15) is 0 Å². The van der Waals surface area contributed by atoms with Gasteiger partial charge in [-0.15, -0.1) is 0 Å². The fourth-order valence-corrected chi connectivity index (χ4v) is 2.55. The first-order valence-electron chi connectivity index (χ1n) is 7.45. The van der Waals surface area contributed by atoms with Crippen LogP contribution >= 0.6 is 0 Å². The van der Waals surface area contributed by atoms with Crippen molar-refractivity contribution in [3.05, 3.63) is 24.3 Å². The van der Waals surface area contributed by atoms with E-state index in [2.05, 4.69) is 10.6 Å². The number of nitrogens with zero attached hydrogens (tertiary/aromatic N) is 1. The second-order valence-corrected chi connectivity index (χ2v) is 5.71. The Morgan fingerprint density at radius 3 is 2.48 bits per heavy atom. The summed E-state index contributed by atoms with van der Waals surface area (Å²) in [5.41, 5.74) is 1.60. The molecule has 1 saturated carbocycles. The van der Waals surface area contributed by atoms with Crippen LogP contribution in [-0.2, 0) is 9.59 Å². The molecule has 0 spiro atoms. The Bertz CT molecular complexity index is 508. The summed E-state index contributed by atoms with van der Waals surface area (Å²) >= 11 is 0. The van der Waals surface area contributed by atoms with Crippen molar-refractivity contribution in [1.82, 2.24) is 5.32 Å². The van der Waals surface area contributed by atoms with Gasteiger partial charge < -0.3 is 15.5 Å². The third-order valence-electron chi connectivity index (χ3n) is 3.77. The van der Waals surface area contributed by atoms with Crippen LogP contribution in [0.5, 0.6) is 0 Å².